The number of piperidine rings is 1. The lowest BCUT2D eigenvalue weighted by molar-refractivity contribution is -0.123. The largest absolute Gasteiger partial charge is 0.356 e. The van der Waals surface area contributed by atoms with E-state index in [-0.39, 0.29) is 18.9 Å². The Hall–Kier alpha value is -0.670. The second kappa shape index (κ2) is 2.94. The molecule has 0 aromatic rings. The third-order valence-electron chi connectivity index (χ3n) is 1.66. The highest BCUT2D eigenvalue weighted by molar-refractivity contribution is 5.76. The van der Waals surface area contributed by atoms with Crippen LogP contribution in [0.15, 0.2) is 0 Å². The maximum Gasteiger partial charge on any atom is 0.243 e. The van der Waals surface area contributed by atoms with Crippen LogP contribution in [-0.4, -0.2) is 18.9 Å². The van der Waals surface area contributed by atoms with Crippen molar-refractivity contribution in [2.75, 3.05) is 6.54 Å². The Balaban J connectivity index is 2.33. The fraction of sp³-hybridized carbons (Fsp3) is 0.833. The number of carbonyl (C=O) groups is 1. The maximum absolute atomic E-state index is 11.9. The van der Waals surface area contributed by atoms with Crippen LogP contribution in [0, 0.1) is 5.92 Å². The molecule has 1 atom stereocenters. The highest BCUT2D eigenvalue weighted by Crippen LogP contribution is 2.17. The monoisotopic (exact) mass is 149 g/mol. The van der Waals surface area contributed by atoms with Crippen molar-refractivity contribution in [3.63, 3.8) is 0 Å². The minimum absolute atomic E-state index is 0.114. The molecule has 0 radical (unpaired) electrons. The summed E-state index contributed by atoms with van der Waals surface area (Å²) in [7, 11) is 0. The van der Waals surface area contributed by atoms with Crippen LogP contribution < -0.4 is 5.32 Å². The normalized spacial score (nSPS) is 26.7. The van der Waals surface area contributed by atoms with E-state index in [0.717, 1.165) is 0 Å². The standard InChI is InChI=1S/C6H9F2NO/c7-6(8)4-1-2-5(10)9-3-4/h4,6H,1-3H2,(H,9,10). The van der Waals surface area contributed by atoms with Crippen molar-refractivity contribution >= 4 is 5.91 Å². The molecule has 1 unspecified atom stereocenters. The molecule has 1 N–H and O–H groups in total. The maximum atomic E-state index is 11.9. The zero-order valence-corrected chi connectivity index (χ0v) is 5.44. The molecular formula is C6H9F2NO. The van der Waals surface area contributed by atoms with Gasteiger partial charge in [0.15, 0.2) is 0 Å². The summed E-state index contributed by atoms with van der Waals surface area (Å²) >= 11 is 0. The van der Waals surface area contributed by atoms with E-state index in [2.05, 4.69) is 5.32 Å². The number of amides is 1. The van der Waals surface area contributed by atoms with Gasteiger partial charge in [0.2, 0.25) is 12.3 Å². The van der Waals surface area contributed by atoms with E-state index in [1.54, 1.807) is 0 Å². The molecule has 1 fully saturated rings. The number of carbonyl (C=O) groups excluding carboxylic acids is 1. The van der Waals surface area contributed by atoms with Gasteiger partial charge in [-0.05, 0) is 6.42 Å². The van der Waals surface area contributed by atoms with Crippen molar-refractivity contribution in [3.8, 4) is 0 Å². The molecule has 0 aromatic carbocycles. The lowest BCUT2D eigenvalue weighted by Gasteiger charge is -2.20. The van der Waals surface area contributed by atoms with Crippen LogP contribution in [-0.2, 0) is 4.79 Å². The van der Waals surface area contributed by atoms with Crippen molar-refractivity contribution in [2.24, 2.45) is 5.92 Å². The Morgan fingerprint density at radius 1 is 1.60 bits per heavy atom. The molecule has 1 amide bonds. The molecule has 58 valence electrons. The third-order valence-corrected chi connectivity index (χ3v) is 1.66. The highest BCUT2D eigenvalue weighted by atomic mass is 19.3. The van der Waals surface area contributed by atoms with E-state index in [0.29, 0.717) is 6.42 Å². The molecular weight excluding hydrogens is 140 g/mol. The summed E-state index contributed by atoms with van der Waals surface area (Å²) in [6, 6.07) is 0. The number of halogens is 2. The zero-order valence-electron chi connectivity index (χ0n) is 5.44. The molecule has 1 aliphatic heterocycles. The Labute approximate surface area is 57.6 Å². The number of nitrogens with one attached hydrogen (secondary N) is 1. The Bertz CT molecular complexity index is 128. The molecule has 10 heavy (non-hydrogen) atoms. The first-order chi connectivity index (χ1) is 4.70. The molecule has 0 aliphatic carbocycles. The first kappa shape index (κ1) is 7.44. The minimum atomic E-state index is -2.29. The number of hydrogen-bond donors (Lipinski definition) is 1. The molecule has 1 heterocycles. The van der Waals surface area contributed by atoms with E-state index >= 15 is 0 Å². The minimum Gasteiger partial charge on any atom is -0.356 e. The van der Waals surface area contributed by atoms with Crippen molar-refractivity contribution in [1.82, 2.24) is 5.32 Å². The molecule has 1 saturated heterocycles. The van der Waals surface area contributed by atoms with E-state index in [4.69, 9.17) is 0 Å². The Kier molecular flexibility index (Phi) is 2.19. The van der Waals surface area contributed by atoms with Gasteiger partial charge in [-0.1, -0.05) is 0 Å². The van der Waals surface area contributed by atoms with Crippen LogP contribution in [0.25, 0.3) is 0 Å². The topological polar surface area (TPSA) is 29.1 Å². The highest BCUT2D eigenvalue weighted by Gasteiger charge is 2.25. The SMILES string of the molecule is O=C1CCC(C(F)F)CN1. The predicted molar refractivity (Wildman–Crippen MR) is 31.7 cm³/mol. The van der Waals surface area contributed by atoms with Crippen molar-refractivity contribution in [3.05, 3.63) is 0 Å². The molecule has 1 aliphatic rings. The second-order valence-electron chi connectivity index (χ2n) is 2.44. The smallest absolute Gasteiger partial charge is 0.243 e. The number of hydrogen-bond acceptors (Lipinski definition) is 1. The Morgan fingerprint density at radius 3 is 2.70 bits per heavy atom. The average Bonchev–Trinajstić information content (AvgIpc) is 1.88. The van der Waals surface area contributed by atoms with Crippen LogP contribution >= 0.6 is 0 Å². The van der Waals surface area contributed by atoms with Crippen LogP contribution in [0.5, 0.6) is 0 Å². The molecule has 2 nitrogen and oxygen atoms in total. The fourth-order valence-electron chi connectivity index (χ4n) is 0.967. The quantitative estimate of drug-likeness (QED) is 0.586. The van der Waals surface area contributed by atoms with Gasteiger partial charge in [0.05, 0.1) is 0 Å². The van der Waals surface area contributed by atoms with Gasteiger partial charge >= 0.3 is 0 Å². The molecule has 1 rings (SSSR count). The van der Waals surface area contributed by atoms with Gasteiger partial charge in [0.1, 0.15) is 0 Å². The van der Waals surface area contributed by atoms with Crippen LogP contribution in [0.4, 0.5) is 8.78 Å². The van der Waals surface area contributed by atoms with Gasteiger partial charge in [-0.3, -0.25) is 4.79 Å². The molecule has 4 heteroatoms. The van der Waals surface area contributed by atoms with E-state index in [1.807, 2.05) is 0 Å². The molecule has 0 saturated carbocycles. The van der Waals surface area contributed by atoms with Crippen molar-refractivity contribution < 1.29 is 13.6 Å². The summed E-state index contributed by atoms with van der Waals surface area (Å²) in [5.74, 6) is -0.741. The van der Waals surface area contributed by atoms with Gasteiger partial charge in [-0.15, -0.1) is 0 Å². The lowest BCUT2D eigenvalue weighted by atomic mass is 10.0. The van der Waals surface area contributed by atoms with E-state index in [9.17, 15) is 13.6 Å². The van der Waals surface area contributed by atoms with Gasteiger partial charge in [-0.25, -0.2) is 8.78 Å². The summed E-state index contributed by atoms with van der Waals surface area (Å²) in [6.07, 6.45) is -1.72. The van der Waals surface area contributed by atoms with E-state index < -0.39 is 12.3 Å². The van der Waals surface area contributed by atoms with Crippen molar-refractivity contribution in [2.45, 2.75) is 19.3 Å². The summed E-state index contributed by atoms with van der Waals surface area (Å²) < 4.78 is 23.8. The Morgan fingerprint density at radius 2 is 2.30 bits per heavy atom. The van der Waals surface area contributed by atoms with Crippen molar-refractivity contribution in [1.29, 1.82) is 0 Å². The van der Waals surface area contributed by atoms with Crippen LogP contribution in [0.2, 0.25) is 0 Å². The van der Waals surface area contributed by atoms with E-state index in [1.165, 1.54) is 0 Å². The third kappa shape index (κ3) is 1.65. The van der Waals surface area contributed by atoms with Crippen LogP contribution in [0.1, 0.15) is 12.8 Å². The molecule has 0 spiro atoms. The molecule has 0 aromatic heterocycles. The van der Waals surface area contributed by atoms with Crippen LogP contribution in [0.3, 0.4) is 0 Å². The van der Waals surface area contributed by atoms with Gasteiger partial charge in [0.25, 0.3) is 0 Å². The number of rotatable bonds is 1. The lowest BCUT2D eigenvalue weighted by Crippen LogP contribution is -2.37. The summed E-state index contributed by atoms with van der Waals surface area (Å²) in [4.78, 5) is 10.5. The van der Waals surface area contributed by atoms with Gasteiger partial charge < -0.3 is 5.32 Å². The predicted octanol–water partition coefficient (Wildman–Crippen LogP) is 0.778. The zero-order chi connectivity index (χ0) is 7.56. The van der Waals surface area contributed by atoms with Gasteiger partial charge in [-0.2, -0.15) is 0 Å². The van der Waals surface area contributed by atoms with Gasteiger partial charge in [0, 0.05) is 18.9 Å². The summed E-state index contributed by atoms with van der Waals surface area (Å²) in [6.45, 7) is 0.135. The second-order valence-corrected chi connectivity index (χ2v) is 2.44. The average molecular weight is 149 g/mol. The number of alkyl halides is 2. The summed E-state index contributed by atoms with van der Waals surface area (Å²) in [5, 5.41) is 2.39. The first-order valence-corrected chi connectivity index (χ1v) is 3.25. The molecule has 0 bridgehead atoms. The first-order valence-electron chi connectivity index (χ1n) is 3.25. The summed E-state index contributed by atoms with van der Waals surface area (Å²) in [5.41, 5.74) is 0. The fourth-order valence-corrected chi connectivity index (χ4v) is 0.967.